The maximum Gasteiger partial charge on any atom is 0.341 e. The molecule has 1 aromatic carbocycles. The molecule has 0 aliphatic heterocycles. The van der Waals surface area contributed by atoms with E-state index in [4.69, 9.17) is 9.15 Å². The molecule has 3 rings (SSSR count). The van der Waals surface area contributed by atoms with Gasteiger partial charge in [-0.3, -0.25) is 10.1 Å². The summed E-state index contributed by atoms with van der Waals surface area (Å²) in [6.07, 6.45) is 1.59. The van der Waals surface area contributed by atoms with Crippen molar-refractivity contribution >= 4 is 28.2 Å². The minimum Gasteiger partial charge on any atom is -0.468 e. The molecule has 1 atom stereocenters. The number of esters is 1. The summed E-state index contributed by atoms with van der Waals surface area (Å²) in [5, 5.41) is 8.30. The van der Waals surface area contributed by atoms with Crippen LogP contribution in [0.2, 0.25) is 0 Å². The van der Waals surface area contributed by atoms with E-state index in [0.717, 1.165) is 16.9 Å². The maximum atomic E-state index is 12.6. The monoisotopic (exact) mass is 398 g/mol. The zero-order valence-electron chi connectivity index (χ0n) is 15.7. The number of furan rings is 1. The van der Waals surface area contributed by atoms with Crippen molar-refractivity contribution in [3.8, 4) is 11.1 Å². The third-order valence-electron chi connectivity index (χ3n) is 4.15. The fourth-order valence-corrected chi connectivity index (χ4v) is 3.63. The number of nitrogens with one attached hydrogen (secondary N) is 2. The van der Waals surface area contributed by atoms with Crippen LogP contribution in [0.15, 0.2) is 58.5 Å². The predicted molar refractivity (Wildman–Crippen MR) is 109 cm³/mol. The van der Waals surface area contributed by atoms with Gasteiger partial charge in [-0.1, -0.05) is 30.3 Å². The molecule has 0 saturated heterocycles. The van der Waals surface area contributed by atoms with Crippen molar-refractivity contribution in [2.24, 2.45) is 0 Å². The maximum absolute atomic E-state index is 12.6. The van der Waals surface area contributed by atoms with Gasteiger partial charge in [-0.05, 0) is 31.5 Å². The van der Waals surface area contributed by atoms with Gasteiger partial charge in [0.15, 0.2) is 0 Å². The van der Waals surface area contributed by atoms with Gasteiger partial charge in [0, 0.05) is 10.9 Å². The van der Waals surface area contributed by atoms with E-state index < -0.39 is 12.0 Å². The average Bonchev–Trinajstić information content (AvgIpc) is 3.37. The second-order valence-electron chi connectivity index (χ2n) is 6.11. The van der Waals surface area contributed by atoms with Gasteiger partial charge < -0.3 is 14.5 Å². The number of rotatable bonds is 8. The lowest BCUT2D eigenvalue weighted by Crippen LogP contribution is -2.37. The van der Waals surface area contributed by atoms with Crippen LogP contribution in [0.3, 0.4) is 0 Å². The van der Waals surface area contributed by atoms with Crippen molar-refractivity contribution < 1.29 is 18.7 Å². The minimum absolute atomic E-state index is 0.237. The Hall–Kier alpha value is -2.90. The van der Waals surface area contributed by atoms with Gasteiger partial charge in [0.05, 0.1) is 25.5 Å². The molecule has 3 aromatic rings. The Morgan fingerprint density at radius 1 is 1.18 bits per heavy atom. The van der Waals surface area contributed by atoms with Crippen LogP contribution < -0.4 is 10.6 Å². The molecule has 28 heavy (non-hydrogen) atoms. The summed E-state index contributed by atoms with van der Waals surface area (Å²) in [5.74, 6) is 0.0574. The van der Waals surface area contributed by atoms with Crippen molar-refractivity contribution in [2.75, 3.05) is 11.9 Å². The molecule has 2 aromatic heterocycles. The first-order valence-corrected chi connectivity index (χ1v) is 9.88. The highest BCUT2D eigenvalue weighted by Crippen LogP contribution is 2.36. The molecule has 146 valence electrons. The van der Waals surface area contributed by atoms with E-state index >= 15 is 0 Å². The molecule has 0 radical (unpaired) electrons. The normalized spacial score (nSPS) is 11.8. The van der Waals surface area contributed by atoms with Crippen LogP contribution >= 0.6 is 11.3 Å². The van der Waals surface area contributed by atoms with Gasteiger partial charge in [0.2, 0.25) is 5.91 Å². The zero-order chi connectivity index (χ0) is 19.9. The molecule has 0 unspecified atom stereocenters. The number of carbonyl (C=O) groups excluding carboxylic acids is 2. The second-order valence-corrected chi connectivity index (χ2v) is 6.99. The van der Waals surface area contributed by atoms with Crippen LogP contribution in [-0.2, 0) is 16.1 Å². The van der Waals surface area contributed by atoms with E-state index in [2.05, 4.69) is 10.6 Å². The first-order valence-electron chi connectivity index (χ1n) is 9.00. The molecule has 2 N–H and O–H groups in total. The molecular weight excluding hydrogens is 376 g/mol. The Morgan fingerprint density at radius 3 is 2.64 bits per heavy atom. The molecular formula is C21H22N2O4S. The molecule has 7 heteroatoms. The number of thiophene rings is 1. The van der Waals surface area contributed by atoms with Crippen LogP contribution in [0.25, 0.3) is 11.1 Å². The Balaban J connectivity index is 1.78. The predicted octanol–water partition coefficient (Wildman–Crippen LogP) is 4.30. The first-order chi connectivity index (χ1) is 13.6. The standard InChI is InChI=1S/C21H22N2O4S/c1-3-26-21(25)18-17(15-8-5-4-6-9-15)13-28-20(18)23-19(24)14(2)22-12-16-10-7-11-27-16/h4-11,13-14,22H,3,12H2,1-2H3,(H,23,24)/t14-/m1/s1. The Morgan fingerprint density at radius 2 is 1.96 bits per heavy atom. The number of anilines is 1. The Labute approximate surface area is 167 Å². The number of hydrogen-bond acceptors (Lipinski definition) is 6. The topological polar surface area (TPSA) is 80.6 Å². The molecule has 0 spiro atoms. The Bertz CT molecular complexity index is 919. The Kier molecular flexibility index (Phi) is 6.62. The molecule has 0 fully saturated rings. The highest BCUT2D eigenvalue weighted by Gasteiger charge is 2.24. The third-order valence-corrected chi connectivity index (χ3v) is 5.04. The van der Waals surface area contributed by atoms with Crippen LogP contribution in [-0.4, -0.2) is 24.5 Å². The number of carbonyl (C=O) groups is 2. The molecule has 0 aliphatic carbocycles. The van der Waals surface area contributed by atoms with Crippen molar-refractivity contribution in [2.45, 2.75) is 26.4 Å². The van der Waals surface area contributed by atoms with Crippen molar-refractivity contribution in [1.29, 1.82) is 0 Å². The van der Waals surface area contributed by atoms with Crippen LogP contribution in [0.1, 0.15) is 30.0 Å². The van der Waals surface area contributed by atoms with Gasteiger partial charge in [0.25, 0.3) is 0 Å². The molecule has 0 bridgehead atoms. The van der Waals surface area contributed by atoms with Gasteiger partial charge in [-0.25, -0.2) is 4.79 Å². The van der Waals surface area contributed by atoms with Crippen molar-refractivity contribution in [3.05, 3.63) is 65.4 Å². The van der Waals surface area contributed by atoms with E-state index in [0.29, 0.717) is 17.1 Å². The summed E-state index contributed by atoms with van der Waals surface area (Å²) in [4.78, 5) is 25.2. The number of benzene rings is 1. The summed E-state index contributed by atoms with van der Waals surface area (Å²) in [7, 11) is 0. The van der Waals surface area contributed by atoms with Crippen LogP contribution in [0.5, 0.6) is 0 Å². The smallest absolute Gasteiger partial charge is 0.341 e. The van der Waals surface area contributed by atoms with E-state index in [1.807, 2.05) is 41.8 Å². The van der Waals surface area contributed by atoms with Gasteiger partial charge in [-0.15, -0.1) is 11.3 Å². The van der Waals surface area contributed by atoms with Crippen molar-refractivity contribution in [1.82, 2.24) is 5.32 Å². The largest absolute Gasteiger partial charge is 0.468 e. The number of hydrogen-bond donors (Lipinski definition) is 2. The quantitative estimate of drug-likeness (QED) is 0.553. The molecule has 1 amide bonds. The SMILES string of the molecule is CCOC(=O)c1c(-c2ccccc2)csc1NC(=O)[C@@H](C)NCc1ccco1. The molecule has 0 saturated carbocycles. The minimum atomic E-state index is -0.470. The van der Waals surface area contributed by atoms with E-state index in [-0.39, 0.29) is 12.5 Å². The third kappa shape index (κ3) is 4.68. The summed E-state index contributed by atoms with van der Waals surface area (Å²) >= 11 is 1.31. The second kappa shape index (κ2) is 9.34. The van der Waals surface area contributed by atoms with E-state index in [1.165, 1.54) is 11.3 Å². The van der Waals surface area contributed by atoms with Gasteiger partial charge in [0.1, 0.15) is 16.3 Å². The highest BCUT2D eigenvalue weighted by molar-refractivity contribution is 7.15. The van der Waals surface area contributed by atoms with Gasteiger partial charge >= 0.3 is 5.97 Å². The highest BCUT2D eigenvalue weighted by atomic mass is 32.1. The first kappa shape index (κ1) is 19.9. The van der Waals surface area contributed by atoms with Crippen molar-refractivity contribution in [3.63, 3.8) is 0 Å². The number of ether oxygens (including phenoxy) is 1. The van der Waals surface area contributed by atoms with E-state index in [9.17, 15) is 9.59 Å². The fraction of sp³-hybridized carbons (Fsp3) is 0.238. The van der Waals surface area contributed by atoms with Crippen LogP contribution in [0, 0.1) is 0 Å². The summed E-state index contributed by atoms with van der Waals surface area (Å²) in [5.41, 5.74) is 2.02. The molecule has 6 nitrogen and oxygen atoms in total. The van der Waals surface area contributed by atoms with E-state index in [1.54, 1.807) is 26.2 Å². The molecule has 0 aliphatic rings. The summed E-state index contributed by atoms with van der Waals surface area (Å²) in [6, 6.07) is 12.7. The van der Waals surface area contributed by atoms with Crippen LogP contribution in [0.4, 0.5) is 5.00 Å². The zero-order valence-corrected chi connectivity index (χ0v) is 16.5. The fourth-order valence-electron chi connectivity index (χ4n) is 2.67. The van der Waals surface area contributed by atoms with Gasteiger partial charge in [-0.2, -0.15) is 0 Å². The summed E-state index contributed by atoms with van der Waals surface area (Å²) in [6.45, 7) is 4.21. The number of amides is 1. The lowest BCUT2D eigenvalue weighted by molar-refractivity contribution is -0.117. The lowest BCUT2D eigenvalue weighted by Gasteiger charge is -2.14. The summed E-state index contributed by atoms with van der Waals surface area (Å²) < 4.78 is 10.5. The molecule has 2 heterocycles. The average molecular weight is 398 g/mol. The lowest BCUT2D eigenvalue weighted by atomic mass is 10.0.